The van der Waals surface area contributed by atoms with Crippen LogP contribution in [0, 0.1) is 0 Å². The summed E-state index contributed by atoms with van der Waals surface area (Å²) >= 11 is 0. The Balaban J connectivity index is 1.53. The van der Waals surface area contributed by atoms with Crippen molar-refractivity contribution in [1.29, 1.82) is 0 Å². The molecule has 1 saturated heterocycles. The summed E-state index contributed by atoms with van der Waals surface area (Å²) < 4.78 is 5.08. The average Bonchev–Trinajstić information content (AvgIpc) is 2.91. The average molecular weight is 489 g/mol. The standard InChI is InChI=1S/C29H40N6O/c1-6-34-16-18-35(19-17-34)28-13-11-27(12-14-28)33-24(4)31-21-22(2)29(30)25-7-9-26(10-8-25)32-23(3)15-20-36-5/h7-14,21,32-33H,3-4,6,15-20,30H2,1-2,5H3/b29-22-,31-21-. The fraction of sp³-hybridized carbons (Fsp3) is 0.345. The van der Waals surface area contributed by atoms with Crippen molar-refractivity contribution in [1.82, 2.24) is 4.90 Å². The Morgan fingerprint density at radius 2 is 1.61 bits per heavy atom. The van der Waals surface area contributed by atoms with Gasteiger partial charge in [-0.15, -0.1) is 0 Å². The van der Waals surface area contributed by atoms with Crippen LogP contribution in [0.5, 0.6) is 0 Å². The van der Waals surface area contributed by atoms with Crippen molar-refractivity contribution < 1.29 is 4.74 Å². The zero-order chi connectivity index (χ0) is 25.9. The van der Waals surface area contributed by atoms with Gasteiger partial charge in [-0.05, 0) is 61.0 Å². The van der Waals surface area contributed by atoms with Gasteiger partial charge in [0.05, 0.1) is 6.61 Å². The molecule has 3 rings (SSSR count). The molecule has 192 valence electrons. The first-order chi connectivity index (χ1) is 17.4. The van der Waals surface area contributed by atoms with Crippen LogP contribution in [0.4, 0.5) is 17.1 Å². The first-order valence-electron chi connectivity index (χ1n) is 12.5. The second-order valence-electron chi connectivity index (χ2n) is 8.94. The molecular formula is C29H40N6O. The summed E-state index contributed by atoms with van der Waals surface area (Å²) in [5.74, 6) is 0.556. The largest absolute Gasteiger partial charge is 0.398 e. The molecule has 0 atom stereocenters. The van der Waals surface area contributed by atoms with Crippen molar-refractivity contribution in [3.8, 4) is 0 Å². The number of methoxy groups -OCH3 is 1. The van der Waals surface area contributed by atoms with Gasteiger partial charge < -0.3 is 30.9 Å². The molecule has 4 N–H and O–H groups in total. The van der Waals surface area contributed by atoms with Gasteiger partial charge in [-0.2, -0.15) is 0 Å². The van der Waals surface area contributed by atoms with Crippen LogP contribution in [0.25, 0.3) is 5.70 Å². The van der Waals surface area contributed by atoms with Crippen LogP contribution < -0.4 is 21.3 Å². The number of likely N-dealkylation sites (N-methyl/N-ethyl adjacent to an activating group) is 1. The molecule has 1 fully saturated rings. The normalized spacial score (nSPS) is 15.0. The van der Waals surface area contributed by atoms with Gasteiger partial charge in [0.2, 0.25) is 0 Å². The van der Waals surface area contributed by atoms with E-state index in [1.807, 2.05) is 31.2 Å². The van der Waals surface area contributed by atoms with Crippen molar-refractivity contribution in [2.75, 3.05) is 62.0 Å². The number of benzene rings is 2. The Bertz CT molecular complexity index is 1060. The van der Waals surface area contributed by atoms with Crippen LogP contribution >= 0.6 is 0 Å². The van der Waals surface area contributed by atoms with E-state index in [1.54, 1.807) is 13.3 Å². The van der Waals surface area contributed by atoms with Gasteiger partial charge in [-0.1, -0.05) is 32.2 Å². The van der Waals surface area contributed by atoms with Crippen LogP contribution in [0.2, 0.25) is 0 Å². The highest BCUT2D eigenvalue weighted by Crippen LogP contribution is 2.21. The van der Waals surface area contributed by atoms with Gasteiger partial charge >= 0.3 is 0 Å². The maximum atomic E-state index is 6.38. The summed E-state index contributed by atoms with van der Waals surface area (Å²) in [4.78, 5) is 9.37. The van der Waals surface area contributed by atoms with Crippen molar-refractivity contribution in [2.45, 2.75) is 20.3 Å². The lowest BCUT2D eigenvalue weighted by atomic mass is 10.1. The molecule has 0 unspecified atom stereocenters. The molecule has 0 radical (unpaired) electrons. The van der Waals surface area contributed by atoms with E-state index in [0.29, 0.717) is 18.1 Å². The number of allylic oxidation sites excluding steroid dienone is 1. The minimum absolute atomic E-state index is 0.556. The number of ether oxygens (including phenoxy) is 1. The number of aliphatic imine (C=N–C) groups is 1. The fourth-order valence-electron chi connectivity index (χ4n) is 3.97. The molecule has 1 aliphatic heterocycles. The van der Waals surface area contributed by atoms with Crippen LogP contribution in [0.1, 0.15) is 25.8 Å². The fourth-order valence-corrected chi connectivity index (χ4v) is 3.97. The van der Waals surface area contributed by atoms with Crippen LogP contribution in [0.3, 0.4) is 0 Å². The first-order valence-corrected chi connectivity index (χ1v) is 12.5. The summed E-state index contributed by atoms with van der Waals surface area (Å²) in [5.41, 5.74) is 12.9. The molecule has 7 nitrogen and oxygen atoms in total. The molecule has 2 aromatic carbocycles. The van der Waals surface area contributed by atoms with Crippen molar-refractivity contribution in [2.24, 2.45) is 10.7 Å². The Morgan fingerprint density at radius 1 is 1.00 bits per heavy atom. The van der Waals surface area contributed by atoms with Gasteiger partial charge in [0, 0.05) is 74.4 Å². The molecule has 0 aliphatic carbocycles. The third-order valence-electron chi connectivity index (χ3n) is 6.30. The van der Waals surface area contributed by atoms with Crippen molar-refractivity contribution in [3.63, 3.8) is 0 Å². The molecule has 0 spiro atoms. The van der Waals surface area contributed by atoms with E-state index in [1.165, 1.54) is 5.69 Å². The Hall–Kier alpha value is -3.55. The van der Waals surface area contributed by atoms with Crippen LogP contribution in [0.15, 0.2) is 83.8 Å². The summed E-state index contributed by atoms with van der Waals surface area (Å²) in [7, 11) is 1.68. The number of nitrogens with zero attached hydrogens (tertiary/aromatic N) is 3. The molecule has 2 aromatic rings. The molecule has 1 aliphatic rings. The summed E-state index contributed by atoms with van der Waals surface area (Å²) in [5, 5.41) is 6.53. The molecule has 0 bridgehead atoms. The zero-order valence-corrected chi connectivity index (χ0v) is 21.9. The molecule has 36 heavy (non-hydrogen) atoms. The van der Waals surface area contributed by atoms with Gasteiger partial charge in [0.25, 0.3) is 0 Å². The maximum absolute atomic E-state index is 6.38. The zero-order valence-electron chi connectivity index (χ0n) is 21.9. The molecule has 0 aromatic heterocycles. The topological polar surface area (TPSA) is 78.1 Å². The van der Waals surface area contributed by atoms with Gasteiger partial charge in [0.15, 0.2) is 0 Å². The van der Waals surface area contributed by atoms with Crippen molar-refractivity contribution in [3.05, 3.63) is 84.3 Å². The van der Waals surface area contributed by atoms with Crippen LogP contribution in [-0.2, 0) is 4.74 Å². The summed E-state index contributed by atoms with van der Waals surface area (Å²) in [6.45, 7) is 18.3. The number of nitrogens with one attached hydrogen (secondary N) is 2. The molecule has 1 heterocycles. The van der Waals surface area contributed by atoms with Gasteiger partial charge in [-0.3, -0.25) is 0 Å². The minimum Gasteiger partial charge on any atom is -0.398 e. The lowest BCUT2D eigenvalue weighted by molar-refractivity contribution is 0.202. The van der Waals surface area contributed by atoms with E-state index in [-0.39, 0.29) is 0 Å². The maximum Gasteiger partial charge on any atom is 0.123 e. The number of hydrogen-bond donors (Lipinski definition) is 3. The predicted molar refractivity (Wildman–Crippen MR) is 155 cm³/mol. The van der Waals surface area contributed by atoms with E-state index in [2.05, 4.69) is 69.8 Å². The third kappa shape index (κ3) is 8.00. The second kappa shape index (κ2) is 13.5. The Morgan fingerprint density at radius 3 is 2.22 bits per heavy atom. The van der Waals surface area contributed by atoms with E-state index < -0.39 is 0 Å². The highest BCUT2D eigenvalue weighted by molar-refractivity contribution is 5.90. The highest BCUT2D eigenvalue weighted by Gasteiger charge is 2.15. The monoisotopic (exact) mass is 488 g/mol. The molecular weight excluding hydrogens is 448 g/mol. The summed E-state index contributed by atoms with van der Waals surface area (Å²) in [6, 6.07) is 16.4. The molecule has 0 saturated carbocycles. The quantitative estimate of drug-likeness (QED) is 0.359. The van der Waals surface area contributed by atoms with E-state index in [9.17, 15) is 0 Å². The number of nitrogens with two attached hydrogens (primary N) is 1. The molecule has 0 amide bonds. The minimum atomic E-state index is 0.556. The Kier molecular flexibility index (Phi) is 10.2. The summed E-state index contributed by atoms with van der Waals surface area (Å²) in [6.07, 6.45) is 2.50. The van der Waals surface area contributed by atoms with Crippen LogP contribution in [-0.4, -0.2) is 57.6 Å². The SMILES string of the molecule is C=C(CCOC)Nc1ccc(/C(N)=C(C)/C=N\C(=C)Nc2ccc(N3CCN(CC)CC3)cc2)cc1. The highest BCUT2D eigenvalue weighted by atomic mass is 16.5. The lowest BCUT2D eigenvalue weighted by Crippen LogP contribution is -2.46. The first kappa shape index (κ1) is 27.0. The lowest BCUT2D eigenvalue weighted by Gasteiger charge is -2.35. The van der Waals surface area contributed by atoms with Crippen molar-refractivity contribution >= 4 is 29.0 Å². The number of hydrogen-bond acceptors (Lipinski definition) is 7. The van der Waals surface area contributed by atoms with Gasteiger partial charge in [0.1, 0.15) is 5.82 Å². The third-order valence-corrected chi connectivity index (χ3v) is 6.30. The number of piperazine rings is 1. The van der Waals surface area contributed by atoms with E-state index >= 15 is 0 Å². The number of rotatable bonds is 12. The smallest absolute Gasteiger partial charge is 0.123 e. The van der Waals surface area contributed by atoms with E-state index in [0.717, 1.165) is 67.4 Å². The second-order valence-corrected chi connectivity index (χ2v) is 8.94. The number of anilines is 3. The molecule has 7 heteroatoms. The van der Waals surface area contributed by atoms with E-state index in [4.69, 9.17) is 10.5 Å². The predicted octanol–water partition coefficient (Wildman–Crippen LogP) is 5.13. The Labute approximate surface area is 216 Å². The van der Waals surface area contributed by atoms with Gasteiger partial charge in [-0.25, -0.2) is 4.99 Å².